The second kappa shape index (κ2) is 8.83. The van der Waals surface area contributed by atoms with E-state index in [-0.39, 0.29) is 23.9 Å². The molecule has 5 rings (SSSR count). The maximum absolute atomic E-state index is 13.0. The summed E-state index contributed by atoms with van der Waals surface area (Å²) in [6, 6.07) is 15.2. The third kappa shape index (κ3) is 4.10. The lowest BCUT2D eigenvalue weighted by Gasteiger charge is -2.29. The van der Waals surface area contributed by atoms with Gasteiger partial charge in [0, 0.05) is 35.8 Å². The van der Waals surface area contributed by atoms with Crippen LogP contribution in [0.25, 0.3) is 17.0 Å². The molecule has 0 atom stereocenters. The first-order valence-electron chi connectivity index (χ1n) is 10.8. The molecule has 3 heterocycles. The summed E-state index contributed by atoms with van der Waals surface area (Å²) in [5.74, 6) is -1.77. The Labute approximate surface area is 199 Å². The van der Waals surface area contributed by atoms with Crippen molar-refractivity contribution in [1.82, 2.24) is 14.4 Å². The number of fused-ring (bicyclic) bond motifs is 2. The van der Waals surface area contributed by atoms with Gasteiger partial charge in [-0.1, -0.05) is 42.5 Å². The quantitative estimate of drug-likeness (QED) is 0.568. The van der Waals surface area contributed by atoms with Crippen molar-refractivity contribution in [2.24, 2.45) is 0 Å². The van der Waals surface area contributed by atoms with Crippen LogP contribution >= 0.6 is 11.8 Å². The third-order valence-electron chi connectivity index (χ3n) is 6.06. The molecule has 1 N–H and O–H groups in total. The SMILES string of the molecule is O=C(O)Cn1cc(/C=C2\SC(=O)N(CC(=O)N3CCc4ccccc4C3)C2=O)c2ccccc21. The monoisotopic (exact) mass is 475 g/mol. The second-order valence-corrected chi connectivity index (χ2v) is 9.22. The Kier molecular flexibility index (Phi) is 5.70. The van der Waals surface area contributed by atoms with Gasteiger partial charge in [0.05, 0.1) is 4.91 Å². The van der Waals surface area contributed by atoms with E-state index in [2.05, 4.69) is 0 Å². The summed E-state index contributed by atoms with van der Waals surface area (Å²) in [6.45, 7) is 0.489. The van der Waals surface area contributed by atoms with Crippen molar-refractivity contribution in [3.8, 4) is 0 Å². The van der Waals surface area contributed by atoms with Crippen LogP contribution in [-0.4, -0.2) is 55.6 Å². The highest BCUT2D eigenvalue weighted by molar-refractivity contribution is 8.18. The number of para-hydroxylation sites is 1. The van der Waals surface area contributed by atoms with Gasteiger partial charge in [0.2, 0.25) is 5.91 Å². The van der Waals surface area contributed by atoms with E-state index in [0.29, 0.717) is 18.7 Å². The Morgan fingerprint density at radius 1 is 1.00 bits per heavy atom. The number of carboxylic acids is 1. The third-order valence-corrected chi connectivity index (χ3v) is 6.97. The van der Waals surface area contributed by atoms with Crippen LogP contribution in [0.3, 0.4) is 0 Å². The van der Waals surface area contributed by atoms with Crippen LogP contribution in [0.15, 0.2) is 59.6 Å². The summed E-state index contributed by atoms with van der Waals surface area (Å²) in [7, 11) is 0. The molecule has 0 spiro atoms. The molecule has 3 aromatic rings. The first-order chi connectivity index (χ1) is 16.4. The van der Waals surface area contributed by atoms with Crippen LogP contribution in [0.1, 0.15) is 16.7 Å². The largest absolute Gasteiger partial charge is 0.480 e. The van der Waals surface area contributed by atoms with Gasteiger partial charge in [0.1, 0.15) is 13.1 Å². The summed E-state index contributed by atoms with van der Waals surface area (Å²) in [5, 5.41) is 9.48. The number of thioether (sulfide) groups is 1. The molecule has 1 fully saturated rings. The van der Waals surface area contributed by atoms with Crippen LogP contribution in [0, 0.1) is 0 Å². The second-order valence-electron chi connectivity index (χ2n) is 8.23. The lowest BCUT2D eigenvalue weighted by molar-refractivity contribution is -0.137. The number of hydrogen-bond acceptors (Lipinski definition) is 5. The van der Waals surface area contributed by atoms with Crippen LogP contribution in [0.4, 0.5) is 4.79 Å². The van der Waals surface area contributed by atoms with Crippen molar-refractivity contribution in [2.45, 2.75) is 19.5 Å². The molecule has 2 aliphatic rings. The maximum atomic E-state index is 13.0. The van der Waals surface area contributed by atoms with Crippen LogP contribution in [0.5, 0.6) is 0 Å². The Morgan fingerprint density at radius 2 is 1.74 bits per heavy atom. The van der Waals surface area contributed by atoms with E-state index in [1.807, 2.05) is 42.5 Å². The van der Waals surface area contributed by atoms with E-state index in [0.717, 1.165) is 39.5 Å². The molecule has 2 aromatic carbocycles. The molecular weight excluding hydrogens is 454 g/mol. The number of carbonyl (C=O) groups excluding carboxylic acids is 3. The van der Waals surface area contributed by atoms with Crippen molar-refractivity contribution in [3.63, 3.8) is 0 Å². The number of nitrogens with zero attached hydrogens (tertiary/aromatic N) is 3. The summed E-state index contributed by atoms with van der Waals surface area (Å²) >= 11 is 0.788. The number of rotatable bonds is 5. The average Bonchev–Trinajstić information content (AvgIpc) is 3.30. The molecule has 8 nitrogen and oxygen atoms in total. The summed E-state index contributed by atoms with van der Waals surface area (Å²) in [6.07, 6.45) is 3.99. The Bertz CT molecular complexity index is 1380. The van der Waals surface area contributed by atoms with Crippen molar-refractivity contribution >= 4 is 51.8 Å². The van der Waals surface area contributed by atoms with E-state index >= 15 is 0 Å². The van der Waals surface area contributed by atoms with Crippen molar-refractivity contribution in [3.05, 3.63) is 76.3 Å². The summed E-state index contributed by atoms with van der Waals surface area (Å²) in [4.78, 5) is 52.6. The normalized spacial score (nSPS) is 17.0. The number of aromatic nitrogens is 1. The van der Waals surface area contributed by atoms with E-state index in [9.17, 15) is 24.3 Å². The molecule has 2 aliphatic heterocycles. The fraction of sp³-hybridized carbons (Fsp3) is 0.200. The van der Waals surface area contributed by atoms with Crippen LogP contribution < -0.4 is 0 Å². The molecule has 0 radical (unpaired) electrons. The molecule has 0 aliphatic carbocycles. The zero-order chi connectivity index (χ0) is 23.8. The Balaban J connectivity index is 1.35. The number of carboxylic acid groups (broad SMARTS) is 1. The number of carbonyl (C=O) groups is 4. The Morgan fingerprint density at radius 3 is 2.53 bits per heavy atom. The molecule has 1 saturated heterocycles. The molecule has 1 aromatic heterocycles. The van der Waals surface area contributed by atoms with Gasteiger partial charge in [-0.2, -0.15) is 0 Å². The number of hydrogen-bond donors (Lipinski definition) is 1. The highest BCUT2D eigenvalue weighted by Crippen LogP contribution is 2.34. The summed E-state index contributed by atoms with van der Waals surface area (Å²) in [5.41, 5.74) is 3.65. The smallest absolute Gasteiger partial charge is 0.323 e. The highest BCUT2D eigenvalue weighted by Gasteiger charge is 2.37. The van der Waals surface area contributed by atoms with E-state index in [1.54, 1.807) is 27.8 Å². The standard InChI is InChI=1S/C25H21N3O5S/c29-22(26-10-9-16-5-1-2-6-17(16)12-26)14-28-24(32)21(34-25(28)33)11-18-13-27(15-23(30)31)20-8-4-3-7-19(18)20/h1-8,11,13H,9-10,12,14-15H2,(H,30,31)/b21-11-. The zero-order valence-electron chi connectivity index (χ0n) is 18.1. The first-order valence-corrected chi connectivity index (χ1v) is 11.6. The molecule has 0 saturated carbocycles. The fourth-order valence-electron chi connectivity index (χ4n) is 4.39. The molecule has 34 heavy (non-hydrogen) atoms. The van der Waals surface area contributed by atoms with Crippen molar-refractivity contribution in [1.29, 1.82) is 0 Å². The van der Waals surface area contributed by atoms with Gasteiger partial charge in [-0.3, -0.25) is 24.1 Å². The maximum Gasteiger partial charge on any atom is 0.323 e. The molecular formula is C25H21N3O5S. The van der Waals surface area contributed by atoms with Gasteiger partial charge < -0.3 is 14.6 Å². The number of benzene rings is 2. The molecule has 3 amide bonds. The Hall–Kier alpha value is -3.85. The number of amides is 3. The first kappa shape index (κ1) is 22.0. The van der Waals surface area contributed by atoms with Crippen LogP contribution in [0.2, 0.25) is 0 Å². The fourth-order valence-corrected chi connectivity index (χ4v) is 5.22. The van der Waals surface area contributed by atoms with Gasteiger partial charge in [0.25, 0.3) is 11.1 Å². The summed E-state index contributed by atoms with van der Waals surface area (Å²) < 4.78 is 1.59. The van der Waals surface area contributed by atoms with Crippen molar-refractivity contribution < 1.29 is 24.3 Å². The van der Waals surface area contributed by atoms with E-state index < -0.39 is 17.1 Å². The molecule has 0 bridgehead atoms. The van der Waals surface area contributed by atoms with Gasteiger partial charge in [0.15, 0.2) is 0 Å². The van der Waals surface area contributed by atoms with Gasteiger partial charge in [-0.05, 0) is 41.5 Å². The lowest BCUT2D eigenvalue weighted by Crippen LogP contribution is -2.44. The van der Waals surface area contributed by atoms with E-state index in [4.69, 9.17) is 0 Å². The van der Waals surface area contributed by atoms with Crippen LogP contribution in [-0.2, 0) is 33.9 Å². The van der Waals surface area contributed by atoms with Crippen molar-refractivity contribution in [2.75, 3.05) is 13.1 Å². The molecule has 0 unspecified atom stereocenters. The van der Waals surface area contributed by atoms with Gasteiger partial charge in [-0.25, -0.2) is 0 Å². The topological polar surface area (TPSA) is 99.9 Å². The lowest BCUT2D eigenvalue weighted by atomic mass is 10.00. The highest BCUT2D eigenvalue weighted by atomic mass is 32.2. The van der Waals surface area contributed by atoms with E-state index in [1.165, 1.54) is 5.56 Å². The van der Waals surface area contributed by atoms with Gasteiger partial charge in [-0.15, -0.1) is 0 Å². The zero-order valence-corrected chi connectivity index (χ0v) is 19.0. The number of aliphatic carboxylic acids is 1. The minimum atomic E-state index is -0.980. The predicted octanol–water partition coefficient (Wildman–Crippen LogP) is 3.35. The minimum Gasteiger partial charge on any atom is -0.480 e. The van der Waals surface area contributed by atoms with Gasteiger partial charge >= 0.3 is 5.97 Å². The minimum absolute atomic E-state index is 0.208. The number of imide groups is 1. The molecule has 172 valence electrons. The predicted molar refractivity (Wildman–Crippen MR) is 128 cm³/mol. The molecule has 9 heteroatoms. The average molecular weight is 476 g/mol.